The Kier molecular flexibility index (Phi) is 3.63. The summed E-state index contributed by atoms with van der Waals surface area (Å²) in [6.07, 6.45) is 13.7. The molecule has 80 valence electrons. The van der Waals surface area contributed by atoms with Crippen LogP contribution in [0.4, 0.5) is 0 Å². The SMILES string of the molecule is OC1CCCCC(CC2=CCCC2)C1. The van der Waals surface area contributed by atoms with Crippen LogP contribution in [0.1, 0.15) is 57.8 Å². The van der Waals surface area contributed by atoms with E-state index in [0.717, 1.165) is 18.8 Å². The zero-order valence-electron chi connectivity index (χ0n) is 9.04. The Morgan fingerprint density at radius 3 is 2.86 bits per heavy atom. The Hall–Kier alpha value is -0.300. The Labute approximate surface area is 87.2 Å². The van der Waals surface area contributed by atoms with Crippen molar-refractivity contribution in [3.63, 3.8) is 0 Å². The Balaban J connectivity index is 1.83. The molecule has 1 nitrogen and oxygen atoms in total. The Morgan fingerprint density at radius 2 is 2.07 bits per heavy atom. The van der Waals surface area contributed by atoms with Gasteiger partial charge in [-0.2, -0.15) is 0 Å². The lowest BCUT2D eigenvalue weighted by atomic mass is 9.91. The molecule has 1 fully saturated rings. The topological polar surface area (TPSA) is 20.2 Å². The number of rotatable bonds is 2. The van der Waals surface area contributed by atoms with Crippen molar-refractivity contribution >= 4 is 0 Å². The molecule has 0 saturated heterocycles. The molecule has 14 heavy (non-hydrogen) atoms. The molecule has 2 aliphatic rings. The van der Waals surface area contributed by atoms with E-state index in [1.165, 1.54) is 44.9 Å². The maximum atomic E-state index is 9.71. The minimum Gasteiger partial charge on any atom is -0.393 e. The zero-order chi connectivity index (χ0) is 9.80. The van der Waals surface area contributed by atoms with Gasteiger partial charge in [-0.3, -0.25) is 0 Å². The second-order valence-electron chi connectivity index (χ2n) is 5.00. The summed E-state index contributed by atoms with van der Waals surface area (Å²) in [6, 6.07) is 0. The third-order valence-electron chi connectivity index (χ3n) is 3.69. The van der Waals surface area contributed by atoms with E-state index in [2.05, 4.69) is 6.08 Å². The Bertz CT molecular complexity index is 207. The maximum Gasteiger partial charge on any atom is 0.0543 e. The monoisotopic (exact) mass is 194 g/mol. The smallest absolute Gasteiger partial charge is 0.0543 e. The number of hydrogen-bond donors (Lipinski definition) is 1. The summed E-state index contributed by atoms with van der Waals surface area (Å²) >= 11 is 0. The maximum absolute atomic E-state index is 9.71. The van der Waals surface area contributed by atoms with Crippen molar-refractivity contribution in [2.45, 2.75) is 63.9 Å². The van der Waals surface area contributed by atoms with Gasteiger partial charge in [-0.1, -0.05) is 30.9 Å². The van der Waals surface area contributed by atoms with Crippen LogP contribution in [0.5, 0.6) is 0 Å². The largest absolute Gasteiger partial charge is 0.393 e. The molecule has 2 aliphatic carbocycles. The number of allylic oxidation sites excluding steroid dienone is 2. The van der Waals surface area contributed by atoms with Gasteiger partial charge in [0.2, 0.25) is 0 Å². The van der Waals surface area contributed by atoms with Gasteiger partial charge in [0.05, 0.1) is 6.10 Å². The molecule has 0 aliphatic heterocycles. The molecule has 1 saturated carbocycles. The molecule has 1 N–H and O–H groups in total. The van der Waals surface area contributed by atoms with Crippen LogP contribution in [0.3, 0.4) is 0 Å². The van der Waals surface area contributed by atoms with Gasteiger partial charge in [0.1, 0.15) is 0 Å². The molecule has 0 aromatic carbocycles. The van der Waals surface area contributed by atoms with Crippen LogP contribution < -0.4 is 0 Å². The normalized spacial score (nSPS) is 33.9. The van der Waals surface area contributed by atoms with Gasteiger partial charge in [-0.05, 0) is 44.4 Å². The molecule has 2 rings (SSSR count). The van der Waals surface area contributed by atoms with Crippen molar-refractivity contribution in [1.82, 2.24) is 0 Å². The fourth-order valence-electron chi connectivity index (χ4n) is 2.91. The molecule has 0 radical (unpaired) electrons. The summed E-state index contributed by atoms with van der Waals surface area (Å²) in [6.45, 7) is 0. The van der Waals surface area contributed by atoms with Crippen molar-refractivity contribution in [2.75, 3.05) is 0 Å². The van der Waals surface area contributed by atoms with Crippen LogP contribution in [-0.2, 0) is 0 Å². The van der Waals surface area contributed by atoms with Gasteiger partial charge in [0, 0.05) is 0 Å². The lowest BCUT2D eigenvalue weighted by molar-refractivity contribution is 0.141. The second kappa shape index (κ2) is 4.97. The van der Waals surface area contributed by atoms with Gasteiger partial charge in [0.15, 0.2) is 0 Å². The Morgan fingerprint density at radius 1 is 1.21 bits per heavy atom. The average molecular weight is 194 g/mol. The van der Waals surface area contributed by atoms with Crippen LogP contribution >= 0.6 is 0 Å². The van der Waals surface area contributed by atoms with Gasteiger partial charge >= 0.3 is 0 Å². The number of hydrogen-bond acceptors (Lipinski definition) is 1. The highest BCUT2D eigenvalue weighted by Gasteiger charge is 2.19. The quantitative estimate of drug-likeness (QED) is 0.527. The summed E-state index contributed by atoms with van der Waals surface area (Å²) in [5.41, 5.74) is 1.67. The molecule has 0 aromatic rings. The van der Waals surface area contributed by atoms with Gasteiger partial charge in [0.25, 0.3) is 0 Å². The number of aliphatic hydroxyl groups is 1. The van der Waals surface area contributed by atoms with E-state index in [1.807, 2.05) is 0 Å². The lowest BCUT2D eigenvalue weighted by Crippen LogP contribution is -2.10. The van der Waals surface area contributed by atoms with Crippen molar-refractivity contribution in [2.24, 2.45) is 5.92 Å². The van der Waals surface area contributed by atoms with Crippen LogP contribution in [0.2, 0.25) is 0 Å². The van der Waals surface area contributed by atoms with E-state index >= 15 is 0 Å². The predicted molar refractivity (Wildman–Crippen MR) is 59.1 cm³/mol. The van der Waals surface area contributed by atoms with Gasteiger partial charge in [-0.15, -0.1) is 0 Å². The summed E-state index contributed by atoms with van der Waals surface area (Å²) in [7, 11) is 0. The first-order chi connectivity index (χ1) is 6.84. The van der Waals surface area contributed by atoms with E-state index in [0.29, 0.717) is 0 Å². The summed E-state index contributed by atoms with van der Waals surface area (Å²) in [5, 5.41) is 9.71. The van der Waals surface area contributed by atoms with Crippen LogP contribution in [0.25, 0.3) is 0 Å². The highest BCUT2D eigenvalue weighted by Crippen LogP contribution is 2.32. The summed E-state index contributed by atoms with van der Waals surface area (Å²) in [4.78, 5) is 0. The predicted octanol–water partition coefficient (Wildman–Crippen LogP) is 3.43. The summed E-state index contributed by atoms with van der Waals surface area (Å²) in [5.74, 6) is 0.775. The average Bonchev–Trinajstić information content (AvgIpc) is 2.56. The van der Waals surface area contributed by atoms with E-state index in [4.69, 9.17) is 0 Å². The minimum absolute atomic E-state index is 0.00972. The molecule has 2 unspecified atom stereocenters. The molecule has 0 aromatic heterocycles. The molecule has 2 atom stereocenters. The zero-order valence-corrected chi connectivity index (χ0v) is 9.04. The highest BCUT2D eigenvalue weighted by atomic mass is 16.3. The highest BCUT2D eigenvalue weighted by molar-refractivity contribution is 5.08. The number of aliphatic hydroxyl groups excluding tert-OH is 1. The minimum atomic E-state index is -0.00972. The third-order valence-corrected chi connectivity index (χ3v) is 3.69. The van der Waals surface area contributed by atoms with Crippen LogP contribution in [0, 0.1) is 5.92 Å². The molecule has 1 heteroatoms. The fourth-order valence-corrected chi connectivity index (χ4v) is 2.91. The molecular formula is C13H22O. The van der Waals surface area contributed by atoms with Gasteiger partial charge < -0.3 is 5.11 Å². The van der Waals surface area contributed by atoms with Crippen molar-refractivity contribution in [3.8, 4) is 0 Å². The summed E-state index contributed by atoms with van der Waals surface area (Å²) < 4.78 is 0. The fraction of sp³-hybridized carbons (Fsp3) is 0.846. The van der Waals surface area contributed by atoms with E-state index in [1.54, 1.807) is 5.57 Å². The molecule has 0 heterocycles. The third kappa shape index (κ3) is 2.84. The molecule has 0 bridgehead atoms. The lowest BCUT2D eigenvalue weighted by Gasteiger charge is -2.16. The first-order valence-electron chi connectivity index (χ1n) is 6.20. The first kappa shape index (κ1) is 10.2. The first-order valence-corrected chi connectivity index (χ1v) is 6.20. The molecular weight excluding hydrogens is 172 g/mol. The van der Waals surface area contributed by atoms with Crippen LogP contribution in [0.15, 0.2) is 11.6 Å². The standard InChI is InChI=1S/C13H22O/c14-13-8-4-3-7-12(10-13)9-11-5-1-2-6-11/h5,12-14H,1-4,6-10H2. The van der Waals surface area contributed by atoms with Crippen LogP contribution in [-0.4, -0.2) is 11.2 Å². The molecule has 0 spiro atoms. The van der Waals surface area contributed by atoms with E-state index in [9.17, 15) is 5.11 Å². The second-order valence-corrected chi connectivity index (χ2v) is 5.00. The van der Waals surface area contributed by atoms with Crippen molar-refractivity contribution < 1.29 is 5.11 Å². The van der Waals surface area contributed by atoms with Gasteiger partial charge in [-0.25, -0.2) is 0 Å². The van der Waals surface area contributed by atoms with E-state index < -0.39 is 0 Å². The van der Waals surface area contributed by atoms with E-state index in [-0.39, 0.29) is 6.10 Å². The van der Waals surface area contributed by atoms with Crippen molar-refractivity contribution in [1.29, 1.82) is 0 Å². The van der Waals surface area contributed by atoms with Crippen molar-refractivity contribution in [3.05, 3.63) is 11.6 Å². The molecule has 0 amide bonds.